The number of aromatic amines is 1. The molecule has 94 valence electrons. The molecule has 0 spiro atoms. The third-order valence-corrected chi connectivity index (χ3v) is 3.21. The van der Waals surface area contributed by atoms with Crippen molar-refractivity contribution in [1.82, 2.24) is 20.2 Å². The number of nitrogens with one attached hydrogen (secondary N) is 2. The van der Waals surface area contributed by atoms with E-state index in [9.17, 15) is 4.79 Å². The van der Waals surface area contributed by atoms with E-state index in [0.717, 1.165) is 37.3 Å². The summed E-state index contributed by atoms with van der Waals surface area (Å²) in [5.41, 5.74) is 2.04. The van der Waals surface area contributed by atoms with Gasteiger partial charge in [0.25, 0.3) is 0 Å². The van der Waals surface area contributed by atoms with E-state index >= 15 is 0 Å². The maximum absolute atomic E-state index is 11.8. The molecule has 2 heterocycles. The quantitative estimate of drug-likeness (QED) is 0.813. The summed E-state index contributed by atoms with van der Waals surface area (Å²) in [5, 5.41) is 3.15. The Morgan fingerprint density at radius 3 is 2.88 bits per heavy atom. The summed E-state index contributed by atoms with van der Waals surface area (Å²) in [5.74, 6) is 0.206. The highest BCUT2D eigenvalue weighted by molar-refractivity contribution is 5.78. The van der Waals surface area contributed by atoms with Crippen molar-refractivity contribution in [3.05, 3.63) is 17.7 Å². The summed E-state index contributed by atoms with van der Waals surface area (Å²) in [6, 6.07) is 0. The molecule has 0 saturated carbocycles. The number of H-pyrrole nitrogens is 1. The summed E-state index contributed by atoms with van der Waals surface area (Å²) in [7, 11) is 0. The van der Waals surface area contributed by atoms with E-state index in [1.54, 1.807) is 6.33 Å². The van der Waals surface area contributed by atoms with Gasteiger partial charge in [-0.1, -0.05) is 0 Å². The second-order valence-electron chi connectivity index (χ2n) is 4.52. The molecule has 2 N–H and O–H groups in total. The molecule has 0 unspecified atom stereocenters. The number of carbonyl (C=O) groups is 1. The second kappa shape index (κ2) is 5.82. The molecule has 5 heteroatoms. The van der Waals surface area contributed by atoms with Crippen LogP contribution in [0, 0.1) is 6.92 Å². The minimum atomic E-state index is 0.206. The van der Waals surface area contributed by atoms with Gasteiger partial charge < -0.3 is 15.2 Å². The molecule has 0 atom stereocenters. The number of imidazole rings is 1. The zero-order valence-corrected chi connectivity index (χ0v) is 10.3. The van der Waals surface area contributed by atoms with Crippen molar-refractivity contribution >= 4 is 5.91 Å². The van der Waals surface area contributed by atoms with Crippen LogP contribution in [0.4, 0.5) is 0 Å². The first kappa shape index (κ1) is 12.1. The third kappa shape index (κ3) is 3.30. The Hall–Kier alpha value is -1.36. The van der Waals surface area contributed by atoms with Crippen LogP contribution in [0.2, 0.25) is 0 Å². The van der Waals surface area contributed by atoms with Crippen LogP contribution in [0.25, 0.3) is 0 Å². The minimum absolute atomic E-state index is 0.206. The van der Waals surface area contributed by atoms with E-state index in [4.69, 9.17) is 0 Å². The molecule has 0 bridgehead atoms. The summed E-state index contributed by atoms with van der Waals surface area (Å²) >= 11 is 0. The van der Waals surface area contributed by atoms with Gasteiger partial charge in [0, 0.05) is 25.3 Å². The van der Waals surface area contributed by atoms with Crippen molar-refractivity contribution in [3.8, 4) is 0 Å². The van der Waals surface area contributed by atoms with Gasteiger partial charge in [-0.3, -0.25) is 4.79 Å². The number of hydrogen-bond donors (Lipinski definition) is 2. The van der Waals surface area contributed by atoms with Crippen LogP contribution in [0.15, 0.2) is 6.33 Å². The predicted molar refractivity (Wildman–Crippen MR) is 65.5 cm³/mol. The highest BCUT2D eigenvalue weighted by Crippen LogP contribution is 2.08. The molecule has 1 aliphatic heterocycles. The van der Waals surface area contributed by atoms with E-state index in [1.807, 2.05) is 11.8 Å². The zero-order valence-electron chi connectivity index (χ0n) is 10.3. The average Bonchev–Trinajstić information content (AvgIpc) is 2.76. The highest BCUT2D eigenvalue weighted by Gasteiger charge is 2.15. The van der Waals surface area contributed by atoms with Crippen LogP contribution < -0.4 is 5.32 Å². The van der Waals surface area contributed by atoms with E-state index in [2.05, 4.69) is 15.3 Å². The number of piperidine rings is 1. The zero-order chi connectivity index (χ0) is 12.1. The van der Waals surface area contributed by atoms with Crippen LogP contribution in [-0.4, -0.2) is 40.4 Å². The van der Waals surface area contributed by atoms with Gasteiger partial charge in [-0.15, -0.1) is 0 Å². The van der Waals surface area contributed by atoms with E-state index in [-0.39, 0.29) is 5.91 Å². The topological polar surface area (TPSA) is 61.0 Å². The monoisotopic (exact) mass is 236 g/mol. The number of aromatic nitrogens is 2. The molecule has 1 amide bonds. The summed E-state index contributed by atoms with van der Waals surface area (Å²) in [4.78, 5) is 21.0. The molecule has 17 heavy (non-hydrogen) atoms. The number of likely N-dealkylation sites (tertiary alicyclic amines) is 1. The van der Waals surface area contributed by atoms with Gasteiger partial charge in [-0.05, 0) is 26.2 Å². The van der Waals surface area contributed by atoms with Crippen LogP contribution in [0.3, 0.4) is 0 Å². The molecular formula is C12H20N4O. The summed E-state index contributed by atoms with van der Waals surface area (Å²) in [6.07, 6.45) is 5.22. The van der Waals surface area contributed by atoms with Crippen molar-refractivity contribution in [1.29, 1.82) is 0 Å². The highest BCUT2D eigenvalue weighted by atomic mass is 16.2. The van der Waals surface area contributed by atoms with Crippen LogP contribution in [0.1, 0.15) is 30.7 Å². The van der Waals surface area contributed by atoms with Crippen LogP contribution >= 0.6 is 0 Å². The minimum Gasteiger partial charge on any atom is -0.348 e. The number of aryl methyl sites for hydroxylation is 1. The maximum Gasteiger partial charge on any atom is 0.236 e. The Labute approximate surface area is 102 Å². The lowest BCUT2D eigenvalue weighted by atomic mass is 10.1. The summed E-state index contributed by atoms with van der Waals surface area (Å²) < 4.78 is 0. The van der Waals surface area contributed by atoms with Gasteiger partial charge in [0.15, 0.2) is 0 Å². The van der Waals surface area contributed by atoms with Crippen molar-refractivity contribution < 1.29 is 4.79 Å². The molecule has 1 fully saturated rings. The first-order valence-electron chi connectivity index (χ1n) is 6.24. The Morgan fingerprint density at radius 2 is 2.24 bits per heavy atom. The molecule has 0 aromatic carbocycles. The van der Waals surface area contributed by atoms with E-state index in [0.29, 0.717) is 13.1 Å². The average molecular weight is 236 g/mol. The number of amides is 1. The van der Waals surface area contributed by atoms with Gasteiger partial charge in [0.1, 0.15) is 0 Å². The first-order valence-corrected chi connectivity index (χ1v) is 6.24. The number of rotatable bonds is 4. The first-order chi connectivity index (χ1) is 8.27. The fourth-order valence-corrected chi connectivity index (χ4v) is 2.11. The number of hydrogen-bond acceptors (Lipinski definition) is 3. The molecule has 2 rings (SSSR count). The molecule has 1 aliphatic rings. The van der Waals surface area contributed by atoms with Gasteiger partial charge in [0.05, 0.1) is 18.6 Å². The lowest BCUT2D eigenvalue weighted by Gasteiger charge is -2.26. The van der Waals surface area contributed by atoms with E-state index < -0.39 is 0 Å². The van der Waals surface area contributed by atoms with Gasteiger partial charge in [-0.2, -0.15) is 0 Å². The second-order valence-corrected chi connectivity index (χ2v) is 4.52. The molecule has 0 aliphatic carbocycles. The summed E-state index contributed by atoms with van der Waals surface area (Å²) in [6.45, 7) is 4.88. The van der Waals surface area contributed by atoms with E-state index in [1.165, 1.54) is 6.42 Å². The fourth-order valence-electron chi connectivity index (χ4n) is 2.11. The van der Waals surface area contributed by atoms with Crippen LogP contribution in [0.5, 0.6) is 0 Å². The third-order valence-electron chi connectivity index (χ3n) is 3.21. The van der Waals surface area contributed by atoms with Gasteiger partial charge in [0.2, 0.25) is 5.91 Å². The smallest absolute Gasteiger partial charge is 0.236 e. The molecule has 5 nitrogen and oxygen atoms in total. The van der Waals surface area contributed by atoms with Crippen molar-refractivity contribution in [2.24, 2.45) is 0 Å². The standard InChI is InChI=1S/C12H20N4O/c1-10-11(15-9-14-10)7-13-8-12(17)16-5-3-2-4-6-16/h9,13H,2-8H2,1H3,(H,14,15). The lowest BCUT2D eigenvalue weighted by Crippen LogP contribution is -2.41. The Morgan fingerprint density at radius 1 is 1.47 bits per heavy atom. The van der Waals surface area contributed by atoms with Crippen molar-refractivity contribution in [2.75, 3.05) is 19.6 Å². The van der Waals surface area contributed by atoms with Gasteiger partial charge in [-0.25, -0.2) is 4.98 Å². The molecule has 1 aromatic rings. The van der Waals surface area contributed by atoms with Crippen molar-refractivity contribution in [3.63, 3.8) is 0 Å². The SMILES string of the molecule is Cc1[nH]cnc1CNCC(=O)N1CCCCC1. The van der Waals surface area contributed by atoms with Gasteiger partial charge >= 0.3 is 0 Å². The Bertz CT molecular complexity index is 368. The van der Waals surface area contributed by atoms with Crippen molar-refractivity contribution in [2.45, 2.75) is 32.7 Å². The largest absolute Gasteiger partial charge is 0.348 e. The Balaban J connectivity index is 1.71. The number of nitrogens with zero attached hydrogens (tertiary/aromatic N) is 2. The molecule has 0 radical (unpaired) electrons. The molecule has 1 saturated heterocycles. The fraction of sp³-hybridized carbons (Fsp3) is 0.667. The Kier molecular flexibility index (Phi) is 4.14. The van der Waals surface area contributed by atoms with Crippen LogP contribution in [-0.2, 0) is 11.3 Å². The molecule has 1 aromatic heterocycles. The normalized spacial score (nSPS) is 16.2. The maximum atomic E-state index is 11.8. The molecular weight excluding hydrogens is 216 g/mol. The predicted octanol–water partition coefficient (Wildman–Crippen LogP) is 0.820. The number of carbonyl (C=O) groups excluding carboxylic acids is 1. The lowest BCUT2D eigenvalue weighted by molar-refractivity contribution is -0.131.